The molecule has 1 aromatic heterocycles. The number of nitrogens with zero attached hydrogens (tertiary/aromatic N) is 2. The third kappa shape index (κ3) is 4.43. The van der Waals surface area contributed by atoms with Gasteiger partial charge in [0.2, 0.25) is 6.49 Å². The van der Waals surface area contributed by atoms with Crippen LogP contribution in [0.2, 0.25) is 5.02 Å². The smallest absolute Gasteiger partial charge is 0.258 e. The monoisotopic (exact) mass is 346 g/mol. The van der Waals surface area contributed by atoms with E-state index in [0.29, 0.717) is 0 Å². The van der Waals surface area contributed by atoms with Crippen LogP contribution in [0.3, 0.4) is 0 Å². The summed E-state index contributed by atoms with van der Waals surface area (Å²) < 4.78 is 35.3. The molecule has 1 aromatic rings. The summed E-state index contributed by atoms with van der Waals surface area (Å²) in [6.07, 6.45) is 0.944. The van der Waals surface area contributed by atoms with Crippen LogP contribution in [0, 0.1) is 0 Å². The molecule has 0 aliphatic rings. The number of hydrogen-bond donors (Lipinski definition) is 0. The fourth-order valence-corrected chi connectivity index (χ4v) is 5.07. The molecule has 110 valence electrons. The van der Waals surface area contributed by atoms with Gasteiger partial charge in [0.1, 0.15) is 5.02 Å². The summed E-state index contributed by atoms with van der Waals surface area (Å²) in [5, 5.41) is 3.75. The molecule has 19 heavy (non-hydrogen) atoms. The van der Waals surface area contributed by atoms with Crippen LogP contribution in [0.4, 0.5) is 0 Å². The summed E-state index contributed by atoms with van der Waals surface area (Å²) in [5.41, 5.74) is 0. The molecule has 0 fully saturated rings. The van der Waals surface area contributed by atoms with Crippen LogP contribution in [-0.2, 0) is 33.2 Å². The van der Waals surface area contributed by atoms with Gasteiger partial charge < -0.3 is 9.05 Å². The fraction of sp³-hybridized carbons (Fsp3) is 0.667. The van der Waals surface area contributed by atoms with Crippen LogP contribution in [0.15, 0.2) is 5.03 Å². The molecule has 1 heterocycles. The van der Waals surface area contributed by atoms with E-state index in [9.17, 15) is 8.42 Å². The van der Waals surface area contributed by atoms with Crippen molar-refractivity contribution in [3.05, 3.63) is 5.02 Å². The van der Waals surface area contributed by atoms with E-state index < -0.39 is 16.3 Å². The molecular weight excluding hydrogens is 331 g/mol. The zero-order valence-electron chi connectivity index (χ0n) is 11.2. The second kappa shape index (κ2) is 5.69. The van der Waals surface area contributed by atoms with E-state index in [4.69, 9.17) is 32.5 Å². The highest BCUT2D eigenvalue weighted by Gasteiger charge is 2.27. The largest absolute Gasteiger partial charge is 0.423 e. The highest BCUT2D eigenvalue weighted by atomic mass is 35.5. The Bertz CT molecular complexity index is 626. The van der Waals surface area contributed by atoms with Crippen LogP contribution < -0.4 is 4.52 Å². The first-order valence-corrected chi connectivity index (χ1v) is 10.7. The number of sulfone groups is 1. The predicted molar refractivity (Wildman–Crippen MR) is 78.4 cm³/mol. The number of rotatable bonds is 5. The summed E-state index contributed by atoms with van der Waals surface area (Å²) >= 11 is 11.2. The molecule has 0 saturated carbocycles. The summed E-state index contributed by atoms with van der Waals surface area (Å²) in [4.78, 5) is 0. The van der Waals surface area contributed by atoms with Crippen molar-refractivity contribution in [3.63, 3.8) is 0 Å². The third-order valence-corrected chi connectivity index (χ3v) is 5.33. The Kier molecular flexibility index (Phi) is 5.07. The van der Waals surface area contributed by atoms with E-state index in [0.717, 1.165) is 10.9 Å². The molecule has 0 amide bonds. The minimum atomic E-state index is -3.50. The van der Waals surface area contributed by atoms with Crippen molar-refractivity contribution in [2.75, 3.05) is 12.9 Å². The van der Waals surface area contributed by atoms with Crippen molar-refractivity contribution in [1.82, 2.24) is 9.78 Å². The maximum absolute atomic E-state index is 11.6. The van der Waals surface area contributed by atoms with Gasteiger partial charge in [-0.15, -0.1) is 5.10 Å². The zero-order chi connectivity index (χ0) is 15.0. The first-order chi connectivity index (χ1) is 8.44. The minimum absolute atomic E-state index is 0.0175. The number of aryl methyl sites for hydroxylation is 1. The lowest BCUT2D eigenvalue weighted by Crippen LogP contribution is -2.05. The van der Waals surface area contributed by atoms with E-state index in [1.807, 2.05) is 13.8 Å². The molecule has 10 heteroatoms. The average Bonchev–Trinajstić information content (AvgIpc) is 2.36. The Morgan fingerprint density at radius 2 is 2.00 bits per heavy atom. The molecule has 0 N–H and O–H groups in total. The summed E-state index contributed by atoms with van der Waals surface area (Å²) in [5.74, 6) is -0.0175. The summed E-state index contributed by atoms with van der Waals surface area (Å²) in [6.45, 7) is 2.71. The fourth-order valence-electron chi connectivity index (χ4n) is 1.48. The van der Waals surface area contributed by atoms with Crippen molar-refractivity contribution in [3.8, 4) is 5.88 Å². The predicted octanol–water partition coefficient (Wildman–Crippen LogP) is 2.22. The van der Waals surface area contributed by atoms with Gasteiger partial charge in [0, 0.05) is 20.0 Å². The van der Waals surface area contributed by atoms with Gasteiger partial charge in [0.05, 0.1) is 6.10 Å². The number of aromatic nitrogens is 2. The van der Waals surface area contributed by atoms with Crippen LogP contribution >= 0.6 is 18.1 Å². The van der Waals surface area contributed by atoms with E-state index in [-0.39, 0.29) is 22.0 Å². The first-order valence-electron chi connectivity index (χ1n) is 5.32. The highest BCUT2D eigenvalue weighted by Crippen LogP contribution is 2.48. The number of hydrogen-bond acceptors (Lipinski definition) is 6. The normalized spacial score (nSPS) is 15.5. The van der Waals surface area contributed by atoms with E-state index >= 15 is 0 Å². The van der Waals surface area contributed by atoms with Crippen molar-refractivity contribution in [2.45, 2.75) is 25.0 Å². The quantitative estimate of drug-likeness (QED) is 0.761. The van der Waals surface area contributed by atoms with Crippen LogP contribution in [0.25, 0.3) is 0 Å². The van der Waals surface area contributed by atoms with Crippen molar-refractivity contribution < 1.29 is 17.5 Å². The van der Waals surface area contributed by atoms with Gasteiger partial charge in [0.15, 0.2) is 14.9 Å². The average molecular weight is 347 g/mol. The molecular formula is C9H16ClN2O4PS2. The van der Waals surface area contributed by atoms with Crippen molar-refractivity contribution >= 4 is 39.7 Å². The van der Waals surface area contributed by atoms with Gasteiger partial charge in [-0.1, -0.05) is 11.6 Å². The lowest BCUT2D eigenvalue weighted by atomic mass is 10.5. The Morgan fingerprint density at radius 1 is 1.47 bits per heavy atom. The maximum Gasteiger partial charge on any atom is 0.258 e. The minimum Gasteiger partial charge on any atom is -0.423 e. The molecule has 0 spiro atoms. The lowest BCUT2D eigenvalue weighted by Gasteiger charge is -2.19. The summed E-state index contributed by atoms with van der Waals surface area (Å²) in [6, 6.07) is 0. The van der Waals surface area contributed by atoms with Crippen LogP contribution in [-0.4, -0.2) is 37.2 Å². The van der Waals surface area contributed by atoms with Gasteiger partial charge in [-0.25, -0.2) is 8.42 Å². The molecule has 6 nitrogen and oxygen atoms in total. The Morgan fingerprint density at radius 3 is 2.37 bits per heavy atom. The van der Waals surface area contributed by atoms with Gasteiger partial charge in [0.25, 0.3) is 5.88 Å². The molecule has 0 aliphatic carbocycles. The molecule has 0 aromatic carbocycles. The van der Waals surface area contributed by atoms with Gasteiger partial charge in [-0.2, -0.15) is 0 Å². The Labute approximate surface area is 123 Å². The van der Waals surface area contributed by atoms with Gasteiger partial charge in [-0.3, -0.25) is 4.68 Å². The molecule has 0 aliphatic heterocycles. The zero-order valence-corrected chi connectivity index (χ0v) is 14.5. The second-order valence-corrected chi connectivity index (χ2v) is 10.6. The highest BCUT2D eigenvalue weighted by molar-refractivity contribution is 8.09. The standard InChI is InChI=1S/C9H16ClN2O4PS2/c1-6(2)15-17(4,18)16-8-7(10)9(12(3)11-8)19(5,13)14/h6H,1-5H3. The SMILES string of the molecule is CC(C)OP(C)(=S)Oc1nn(C)c(S(C)(=O)=O)c1Cl. The van der Waals surface area contributed by atoms with E-state index in [2.05, 4.69) is 5.10 Å². The van der Waals surface area contributed by atoms with Gasteiger partial charge >= 0.3 is 0 Å². The maximum atomic E-state index is 11.6. The Hall–Kier alpha value is -0.140. The molecule has 0 radical (unpaired) electrons. The molecule has 1 rings (SSSR count). The molecule has 0 saturated heterocycles. The van der Waals surface area contributed by atoms with Crippen molar-refractivity contribution in [1.29, 1.82) is 0 Å². The second-order valence-electron chi connectivity index (χ2n) is 4.34. The van der Waals surface area contributed by atoms with E-state index in [1.165, 1.54) is 7.05 Å². The van der Waals surface area contributed by atoms with Crippen LogP contribution in [0.1, 0.15) is 13.8 Å². The topological polar surface area (TPSA) is 70.4 Å². The lowest BCUT2D eigenvalue weighted by molar-refractivity contribution is 0.243. The molecule has 1 unspecified atom stereocenters. The molecule has 0 bridgehead atoms. The number of halogens is 1. The summed E-state index contributed by atoms with van der Waals surface area (Å²) in [7, 11) is -2.03. The van der Waals surface area contributed by atoms with Crippen molar-refractivity contribution in [2.24, 2.45) is 7.05 Å². The molecule has 1 atom stereocenters. The Balaban J connectivity index is 3.16. The third-order valence-electron chi connectivity index (χ3n) is 1.92. The van der Waals surface area contributed by atoms with E-state index in [1.54, 1.807) is 6.66 Å². The van der Waals surface area contributed by atoms with Crippen LogP contribution in [0.5, 0.6) is 5.88 Å². The van der Waals surface area contributed by atoms with Gasteiger partial charge in [-0.05, 0) is 25.7 Å². The first kappa shape index (κ1) is 16.9.